The first-order valence-electron chi connectivity index (χ1n) is 6.87. The van der Waals surface area contributed by atoms with Crippen molar-refractivity contribution >= 4 is 16.9 Å². The molecule has 0 bridgehead atoms. The molecular weight excluding hydrogens is 254 g/mol. The van der Waals surface area contributed by atoms with Gasteiger partial charge in [0.25, 0.3) is 0 Å². The normalized spacial score (nSPS) is 14.5. The number of nitrogens with one attached hydrogen (secondary N) is 1. The highest BCUT2D eigenvalue weighted by molar-refractivity contribution is 5.85. The first kappa shape index (κ1) is 12.9. The van der Waals surface area contributed by atoms with Gasteiger partial charge in [-0.2, -0.15) is 0 Å². The van der Waals surface area contributed by atoms with Gasteiger partial charge >= 0.3 is 5.63 Å². The van der Waals surface area contributed by atoms with Crippen LogP contribution in [-0.2, 0) is 11.3 Å². The van der Waals surface area contributed by atoms with Crippen LogP contribution in [0.1, 0.15) is 29.5 Å². The fourth-order valence-electron chi connectivity index (χ4n) is 2.34. The second kappa shape index (κ2) is 4.78. The van der Waals surface area contributed by atoms with Crippen molar-refractivity contribution in [3.63, 3.8) is 0 Å². The van der Waals surface area contributed by atoms with E-state index in [2.05, 4.69) is 5.32 Å². The number of hydrogen-bond donors (Lipinski definition) is 1. The zero-order valence-corrected chi connectivity index (χ0v) is 11.7. The van der Waals surface area contributed by atoms with Gasteiger partial charge in [-0.05, 0) is 43.4 Å². The van der Waals surface area contributed by atoms with E-state index >= 15 is 0 Å². The van der Waals surface area contributed by atoms with Gasteiger partial charge in [0, 0.05) is 23.9 Å². The molecule has 1 fully saturated rings. The van der Waals surface area contributed by atoms with Gasteiger partial charge in [0.15, 0.2) is 0 Å². The number of aryl methyl sites for hydroxylation is 2. The van der Waals surface area contributed by atoms with Gasteiger partial charge in [0.1, 0.15) is 5.58 Å². The summed E-state index contributed by atoms with van der Waals surface area (Å²) < 4.78 is 5.31. The molecule has 0 unspecified atom stereocenters. The second-order valence-electron chi connectivity index (χ2n) is 5.47. The molecule has 1 saturated carbocycles. The number of rotatable bonds is 3. The van der Waals surface area contributed by atoms with Crippen molar-refractivity contribution in [2.75, 3.05) is 0 Å². The molecule has 104 valence electrons. The molecule has 2 aromatic rings. The second-order valence-corrected chi connectivity index (χ2v) is 5.47. The van der Waals surface area contributed by atoms with Gasteiger partial charge in [-0.3, -0.25) is 4.79 Å². The Morgan fingerprint density at radius 3 is 2.80 bits per heavy atom. The zero-order valence-electron chi connectivity index (χ0n) is 11.7. The van der Waals surface area contributed by atoms with E-state index < -0.39 is 0 Å². The number of hydrogen-bond acceptors (Lipinski definition) is 3. The number of carbonyl (C=O) groups excluding carboxylic acids is 1. The van der Waals surface area contributed by atoms with Gasteiger partial charge in [0.05, 0.1) is 0 Å². The first-order chi connectivity index (χ1) is 9.56. The summed E-state index contributed by atoms with van der Waals surface area (Å²) in [7, 11) is 0. The van der Waals surface area contributed by atoms with E-state index in [9.17, 15) is 9.59 Å². The SMILES string of the molecule is Cc1ccc2c(CNC(=O)C3CC3)cc(=O)oc2c1C. The van der Waals surface area contributed by atoms with Crippen LogP contribution in [0.25, 0.3) is 11.0 Å². The van der Waals surface area contributed by atoms with Crippen LogP contribution < -0.4 is 10.9 Å². The zero-order chi connectivity index (χ0) is 14.3. The quantitative estimate of drug-likeness (QED) is 0.872. The molecule has 1 aromatic heterocycles. The van der Waals surface area contributed by atoms with Crippen molar-refractivity contribution in [3.05, 3.63) is 45.3 Å². The van der Waals surface area contributed by atoms with E-state index in [1.165, 1.54) is 6.07 Å². The maximum absolute atomic E-state index is 11.7. The Balaban J connectivity index is 1.99. The Bertz CT molecular complexity index is 741. The van der Waals surface area contributed by atoms with Crippen LogP contribution in [0.15, 0.2) is 27.4 Å². The predicted octanol–water partition coefficient (Wildman–Crippen LogP) is 2.44. The summed E-state index contributed by atoms with van der Waals surface area (Å²) in [6.45, 7) is 4.30. The fourth-order valence-corrected chi connectivity index (χ4v) is 2.34. The van der Waals surface area contributed by atoms with Crippen LogP contribution in [0.2, 0.25) is 0 Å². The van der Waals surface area contributed by atoms with Gasteiger partial charge < -0.3 is 9.73 Å². The van der Waals surface area contributed by atoms with E-state index in [0.29, 0.717) is 12.1 Å². The molecule has 4 heteroatoms. The molecule has 0 atom stereocenters. The van der Waals surface area contributed by atoms with Crippen LogP contribution in [-0.4, -0.2) is 5.91 Å². The molecule has 20 heavy (non-hydrogen) atoms. The molecule has 0 spiro atoms. The fraction of sp³-hybridized carbons (Fsp3) is 0.375. The van der Waals surface area contributed by atoms with Crippen LogP contribution in [0.5, 0.6) is 0 Å². The summed E-state index contributed by atoms with van der Waals surface area (Å²) in [6.07, 6.45) is 1.95. The summed E-state index contributed by atoms with van der Waals surface area (Å²) in [5, 5.41) is 3.79. The smallest absolute Gasteiger partial charge is 0.336 e. The van der Waals surface area contributed by atoms with E-state index in [0.717, 1.165) is 34.9 Å². The Kier molecular flexibility index (Phi) is 3.08. The Labute approximate surface area is 116 Å². The largest absolute Gasteiger partial charge is 0.422 e. The predicted molar refractivity (Wildman–Crippen MR) is 76.5 cm³/mol. The summed E-state index contributed by atoms with van der Waals surface area (Å²) >= 11 is 0. The van der Waals surface area contributed by atoms with E-state index in [4.69, 9.17) is 4.42 Å². The highest BCUT2D eigenvalue weighted by Crippen LogP contribution is 2.29. The third-order valence-electron chi connectivity index (χ3n) is 3.92. The van der Waals surface area contributed by atoms with Gasteiger partial charge in [-0.15, -0.1) is 0 Å². The molecule has 1 aliphatic rings. The molecule has 0 saturated heterocycles. The summed E-state index contributed by atoms with van der Waals surface area (Å²) in [4.78, 5) is 23.4. The molecular formula is C16H17NO3. The van der Waals surface area contributed by atoms with Crippen LogP contribution >= 0.6 is 0 Å². The minimum atomic E-state index is -0.373. The van der Waals surface area contributed by atoms with Crippen molar-refractivity contribution in [1.82, 2.24) is 5.32 Å². The molecule has 0 radical (unpaired) electrons. The van der Waals surface area contributed by atoms with Crippen LogP contribution in [0.3, 0.4) is 0 Å². The number of carbonyl (C=O) groups is 1. The first-order valence-corrected chi connectivity index (χ1v) is 6.87. The third-order valence-corrected chi connectivity index (χ3v) is 3.92. The average Bonchev–Trinajstić information content (AvgIpc) is 3.25. The van der Waals surface area contributed by atoms with Crippen molar-refractivity contribution in [2.24, 2.45) is 5.92 Å². The summed E-state index contributed by atoms with van der Waals surface area (Å²) in [5.41, 5.74) is 3.11. The molecule has 1 amide bonds. The minimum Gasteiger partial charge on any atom is -0.422 e. The molecule has 3 rings (SSSR count). The Morgan fingerprint density at radius 1 is 1.35 bits per heavy atom. The highest BCUT2D eigenvalue weighted by atomic mass is 16.4. The van der Waals surface area contributed by atoms with Gasteiger partial charge in [-0.25, -0.2) is 4.79 Å². The number of amides is 1. The molecule has 1 aromatic carbocycles. The van der Waals surface area contributed by atoms with Crippen molar-refractivity contribution < 1.29 is 9.21 Å². The number of fused-ring (bicyclic) bond motifs is 1. The Hall–Kier alpha value is -2.10. The minimum absolute atomic E-state index is 0.0789. The number of benzene rings is 1. The third kappa shape index (κ3) is 2.33. The topological polar surface area (TPSA) is 59.3 Å². The maximum Gasteiger partial charge on any atom is 0.336 e. The Morgan fingerprint density at radius 2 is 2.10 bits per heavy atom. The van der Waals surface area contributed by atoms with Crippen LogP contribution in [0.4, 0.5) is 0 Å². The standard InChI is InChI=1S/C16H17NO3/c1-9-3-6-13-12(8-17-16(19)11-4-5-11)7-14(18)20-15(13)10(9)2/h3,6-7,11H,4-5,8H2,1-2H3,(H,17,19). The monoisotopic (exact) mass is 271 g/mol. The molecule has 0 aliphatic heterocycles. The lowest BCUT2D eigenvalue weighted by Gasteiger charge is -2.09. The van der Waals surface area contributed by atoms with E-state index in [1.807, 2.05) is 26.0 Å². The highest BCUT2D eigenvalue weighted by Gasteiger charge is 2.29. The lowest BCUT2D eigenvalue weighted by atomic mass is 10.0. The molecule has 1 aliphatic carbocycles. The lowest BCUT2D eigenvalue weighted by molar-refractivity contribution is -0.122. The summed E-state index contributed by atoms with van der Waals surface area (Å²) in [5.74, 6) is 0.251. The molecule has 1 N–H and O–H groups in total. The molecule has 1 heterocycles. The maximum atomic E-state index is 11.7. The summed E-state index contributed by atoms with van der Waals surface area (Å²) in [6, 6.07) is 5.41. The molecule has 4 nitrogen and oxygen atoms in total. The van der Waals surface area contributed by atoms with Gasteiger partial charge in [-0.1, -0.05) is 12.1 Å². The van der Waals surface area contributed by atoms with Crippen LogP contribution in [0, 0.1) is 19.8 Å². The average molecular weight is 271 g/mol. The van der Waals surface area contributed by atoms with E-state index in [1.54, 1.807) is 0 Å². The van der Waals surface area contributed by atoms with Crippen molar-refractivity contribution in [3.8, 4) is 0 Å². The van der Waals surface area contributed by atoms with E-state index in [-0.39, 0.29) is 17.5 Å². The lowest BCUT2D eigenvalue weighted by Crippen LogP contribution is -2.24. The van der Waals surface area contributed by atoms with Crippen molar-refractivity contribution in [2.45, 2.75) is 33.2 Å². The van der Waals surface area contributed by atoms with Crippen molar-refractivity contribution in [1.29, 1.82) is 0 Å². The van der Waals surface area contributed by atoms with Gasteiger partial charge in [0.2, 0.25) is 5.91 Å².